The number of nitrogens with zero attached hydrogens (tertiary/aromatic N) is 2. The number of hydrogen-bond donors (Lipinski definition) is 3. The molecule has 3 N–H and O–H groups in total. The van der Waals surface area contributed by atoms with Gasteiger partial charge in [0.05, 0.1) is 12.0 Å². The Labute approximate surface area is 216 Å². The Morgan fingerprint density at radius 1 is 1.18 bits per heavy atom. The molecular formula is C24H32F5N5O4. The van der Waals surface area contributed by atoms with Crippen LogP contribution in [0.4, 0.5) is 22.0 Å². The highest BCUT2D eigenvalue weighted by molar-refractivity contribution is 5.94. The van der Waals surface area contributed by atoms with E-state index in [4.69, 9.17) is 0 Å². The number of nitriles is 1. The summed E-state index contributed by atoms with van der Waals surface area (Å²) >= 11 is 0. The second kappa shape index (κ2) is 11.4. The number of rotatable bonds is 8. The zero-order valence-electron chi connectivity index (χ0n) is 21.1. The lowest BCUT2D eigenvalue weighted by molar-refractivity contribution is -0.196. The van der Waals surface area contributed by atoms with Crippen molar-refractivity contribution in [2.75, 3.05) is 6.54 Å². The molecule has 38 heavy (non-hydrogen) atoms. The van der Waals surface area contributed by atoms with E-state index in [9.17, 15) is 46.4 Å². The number of piperidine rings is 3. The van der Waals surface area contributed by atoms with E-state index in [1.165, 1.54) is 0 Å². The molecule has 1 saturated carbocycles. The van der Waals surface area contributed by atoms with Crippen LogP contribution < -0.4 is 16.0 Å². The quantitative estimate of drug-likeness (QED) is 0.399. The molecule has 9 nitrogen and oxygen atoms in total. The van der Waals surface area contributed by atoms with Crippen molar-refractivity contribution in [2.24, 2.45) is 17.8 Å². The van der Waals surface area contributed by atoms with Crippen LogP contribution in [0.25, 0.3) is 0 Å². The zero-order valence-corrected chi connectivity index (χ0v) is 21.1. The van der Waals surface area contributed by atoms with Crippen molar-refractivity contribution in [1.82, 2.24) is 20.9 Å². The number of fused-ring (bicyclic) bond motifs is 3. The van der Waals surface area contributed by atoms with Crippen molar-refractivity contribution >= 4 is 23.6 Å². The lowest BCUT2D eigenvalue weighted by atomic mass is 9.71. The number of halogens is 5. The first-order valence-corrected chi connectivity index (χ1v) is 12.7. The van der Waals surface area contributed by atoms with Gasteiger partial charge in [0.25, 0.3) is 5.92 Å². The molecule has 0 radical (unpaired) electrons. The number of alkyl halides is 5. The highest BCUT2D eigenvalue weighted by atomic mass is 19.4. The summed E-state index contributed by atoms with van der Waals surface area (Å²) in [5, 5.41) is 16.3. The molecule has 4 fully saturated rings. The van der Waals surface area contributed by atoms with Crippen molar-refractivity contribution in [2.45, 2.75) is 95.1 Å². The molecular weight excluding hydrogens is 517 g/mol. The fourth-order valence-electron chi connectivity index (χ4n) is 5.68. The summed E-state index contributed by atoms with van der Waals surface area (Å²) < 4.78 is 68.7. The highest BCUT2D eigenvalue weighted by Gasteiger charge is 2.61. The van der Waals surface area contributed by atoms with E-state index in [0.29, 0.717) is 19.4 Å². The zero-order chi connectivity index (χ0) is 28.4. The largest absolute Gasteiger partial charge is 0.471 e. The van der Waals surface area contributed by atoms with Gasteiger partial charge in [0, 0.05) is 24.9 Å². The van der Waals surface area contributed by atoms with Gasteiger partial charge in [0.1, 0.15) is 18.1 Å². The maximum Gasteiger partial charge on any atom is 0.471 e. The minimum absolute atomic E-state index is 0.0587. The van der Waals surface area contributed by atoms with Crippen LogP contribution in [0.1, 0.15) is 58.8 Å². The molecule has 4 amide bonds. The summed E-state index contributed by atoms with van der Waals surface area (Å²) in [6.07, 6.45) is -5.15. The Bertz CT molecular complexity index is 982. The third-order valence-electron chi connectivity index (χ3n) is 7.42. The maximum absolute atomic E-state index is 14.9. The summed E-state index contributed by atoms with van der Waals surface area (Å²) in [4.78, 5) is 51.5. The molecule has 4 aliphatic rings. The number of amides is 4. The summed E-state index contributed by atoms with van der Waals surface area (Å²) in [5.41, 5.74) is 0. The van der Waals surface area contributed by atoms with Gasteiger partial charge in [-0.25, -0.2) is 8.78 Å². The Hall–Kier alpha value is -2.98. The fourth-order valence-corrected chi connectivity index (χ4v) is 5.68. The van der Waals surface area contributed by atoms with Crippen LogP contribution in [0, 0.1) is 29.1 Å². The first-order valence-electron chi connectivity index (χ1n) is 12.7. The van der Waals surface area contributed by atoms with Gasteiger partial charge < -0.3 is 20.9 Å². The molecule has 2 bridgehead atoms. The third kappa shape index (κ3) is 6.53. The lowest BCUT2D eigenvalue weighted by Crippen LogP contribution is -2.71. The lowest BCUT2D eigenvalue weighted by Gasteiger charge is -2.54. The number of carbonyl (C=O) groups is 4. The topological polar surface area (TPSA) is 131 Å². The summed E-state index contributed by atoms with van der Waals surface area (Å²) in [6.45, 7) is 3.71. The van der Waals surface area contributed by atoms with E-state index in [1.807, 2.05) is 6.07 Å². The molecule has 3 heterocycles. The van der Waals surface area contributed by atoms with Crippen LogP contribution in [-0.2, 0) is 19.2 Å². The predicted octanol–water partition coefficient (Wildman–Crippen LogP) is 2.02. The molecule has 0 aromatic rings. The van der Waals surface area contributed by atoms with Crippen molar-refractivity contribution < 1.29 is 41.1 Å². The van der Waals surface area contributed by atoms with Gasteiger partial charge >= 0.3 is 12.1 Å². The third-order valence-corrected chi connectivity index (χ3v) is 7.42. The predicted molar refractivity (Wildman–Crippen MR) is 122 cm³/mol. The SMILES string of the molecule is CC(C)C[C@H](NC(=O)C(F)(F)F)C(=O)N1[C@H]2CC[C@@H]([C@H]1C(=O)N[C@H](C#N)C[C@H]1CCCNC1=O)C(F)(F)C2. The first kappa shape index (κ1) is 29.6. The molecule has 6 atom stereocenters. The van der Waals surface area contributed by atoms with Gasteiger partial charge in [-0.15, -0.1) is 0 Å². The second-order valence-electron chi connectivity index (χ2n) is 10.7. The number of nitrogens with one attached hydrogen (secondary N) is 3. The average molecular weight is 550 g/mol. The van der Waals surface area contributed by atoms with E-state index >= 15 is 0 Å². The van der Waals surface area contributed by atoms with Gasteiger partial charge in [-0.05, 0) is 44.4 Å². The normalized spacial score (nSPS) is 28.2. The van der Waals surface area contributed by atoms with E-state index in [0.717, 1.165) is 4.90 Å². The molecule has 0 spiro atoms. The van der Waals surface area contributed by atoms with Crippen LogP contribution in [0.5, 0.6) is 0 Å². The van der Waals surface area contributed by atoms with Crippen molar-refractivity contribution in [3.05, 3.63) is 0 Å². The maximum atomic E-state index is 14.9. The Kier molecular flexibility index (Phi) is 8.88. The molecule has 4 rings (SSSR count). The van der Waals surface area contributed by atoms with Gasteiger partial charge in [0.15, 0.2) is 0 Å². The van der Waals surface area contributed by atoms with Crippen LogP contribution in [0.3, 0.4) is 0 Å². The van der Waals surface area contributed by atoms with E-state index in [1.54, 1.807) is 19.2 Å². The molecule has 0 aromatic carbocycles. The Morgan fingerprint density at radius 3 is 2.42 bits per heavy atom. The minimum atomic E-state index is -5.27. The molecule has 212 valence electrons. The van der Waals surface area contributed by atoms with Crippen LogP contribution in [-0.4, -0.2) is 71.3 Å². The first-order chi connectivity index (χ1) is 17.7. The molecule has 0 unspecified atom stereocenters. The minimum Gasteiger partial charge on any atom is -0.356 e. The van der Waals surface area contributed by atoms with Gasteiger partial charge in [-0.1, -0.05) is 13.8 Å². The Balaban J connectivity index is 1.87. The van der Waals surface area contributed by atoms with E-state index < -0.39 is 72.2 Å². The number of hydrogen-bond acceptors (Lipinski definition) is 5. The van der Waals surface area contributed by atoms with Crippen LogP contribution in [0.2, 0.25) is 0 Å². The van der Waals surface area contributed by atoms with Crippen LogP contribution in [0.15, 0.2) is 0 Å². The van der Waals surface area contributed by atoms with Crippen molar-refractivity contribution in [3.8, 4) is 6.07 Å². The summed E-state index contributed by atoms with van der Waals surface area (Å²) in [5.74, 6) is -10.6. The van der Waals surface area contributed by atoms with Crippen molar-refractivity contribution in [1.29, 1.82) is 5.26 Å². The second-order valence-corrected chi connectivity index (χ2v) is 10.7. The smallest absolute Gasteiger partial charge is 0.356 e. The van der Waals surface area contributed by atoms with Crippen LogP contribution >= 0.6 is 0 Å². The van der Waals surface area contributed by atoms with Gasteiger partial charge in [-0.3, -0.25) is 19.2 Å². The van der Waals surface area contributed by atoms with E-state index in [-0.39, 0.29) is 37.5 Å². The van der Waals surface area contributed by atoms with Crippen molar-refractivity contribution in [3.63, 3.8) is 0 Å². The molecule has 3 saturated heterocycles. The van der Waals surface area contributed by atoms with E-state index in [2.05, 4.69) is 10.6 Å². The highest BCUT2D eigenvalue weighted by Crippen LogP contribution is 2.49. The molecule has 0 aromatic heterocycles. The monoisotopic (exact) mass is 549 g/mol. The fraction of sp³-hybridized carbons (Fsp3) is 0.792. The van der Waals surface area contributed by atoms with Gasteiger partial charge in [0.2, 0.25) is 17.7 Å². The average Bonchev–Trinajstić information content (AvgIpc) is 2.82. The Morgan fingerprint density at radius 2 is 1.87 bits per heavy atom. The van der Waals surface area contributed by atoms with Gasteiger partial charge in [-0.2, -0.15) is 18.4 Å². The molecule has 14 heteroatoms. The molecule has 1 aliphatic carbocycles. The summed E-state index contributed by atoms with van der Waals surface area (Å²) in [6, 6.07) is -3.93. The molecule has 3 aliphatic heterocycles. The standard InChI is InChI=1S/C24H32F5N5O4/c1-12(2)8-17(33-22(38)24(27,28)29)21(37)34-15-5-6-16(23(25,26)10-15)18(34)20(36)32-14(11-30)9-13-4-3-7-31-19(13)35/h12-18H,3-10H2,1-2H3,(H,31,35)(H,32,36)(H,33,38)/t13-,14+,15+,16+,17+,18+/m1/s1. The number of carbonyl (C=O) groups excluding carboxylic acids is 4. The summed E-state index contributed by atoms with van der Waals surface area (Å²) in [7, 11) is 0.